The van der Waals surface area contributed by atoms with Crippen LogP contribution >= 0.6 is 11.6 Å². The normalized spacial score (nSPS) is 11.6. The van der Waals surface area contributed by atoms with Crippen molar-refractivity contribution >= 4 is 35.0 Å². The van der Waals surface area contributed by atoms with Crippen LogP contribution in [-0.4, -0.2) is 41.1 Å². The van der Waals surface area contributed by atoms with Crippen LogP contribution in [-0.2, 0) is 9.53 Å². The molecule has 28 heavy (non-hydrogen) atoms. The zero-order chi connectivity index (χ0) is 21.0. The number of aromatic amines is 1. The zero-order valence-corrected chi connectivity index (χ0v) is 16.8. The standard InChI is InChI=1S/C20H21ClN2O5/c1-10-17(13(4)24)11(2)22-18(10)16(25)9-28-20(27)12(3)23-19(26)14-7-5-6-8-15(14)21/h5-8,12,22H,9H2,1-4H3,(H,23,26)/t12-/m0/s1. The highest BCUT2D eigenvalue weighted by Gasteiger charge is 2.23. The zero-order valence-electron chi connectivity index (χ0n) is 16.0. The number of ether oxygens (including phenoxy) is 1. The summed E-state index contributed by atoms with van der Waals surface area (Å²) in [5.41, 5.74) is 2.01. The predicted octanol–water partition coefficient (Wildman–Crippen LogP) is 3.03. The van der Waals surface area contributed by atoms with Crippen molar-refractivity contribution in [1.29, 1.82) is 0 Å². The van der Waals surface area contributed by atoms with E-state index in [0.717, 1.165) is 0 Å². The van der Waals surface area contributed by atoms with E-state index < -0.39 is 30.3 Å². The lowest BCUT2D eigenvalue weighted by molar-refractivity contribution is -0.144. The number of aryl methyl sites for hydroxylation is 1. The molecule has 0 spiro atoms. The second kappa shape index (κ2) is 8.84. The number of ketones is 2. The summed E-state index contributed by atoms with van der Waals surface area (Å²) in [6.45, 7) is 5.70. The van der Waals surface area contributed by atoms with E-state index in [4.69, 9.17) is 16.3 Å². The molecule has 1 aromatic heterocycles. The Hall–Kier alpha value is -2.93. The molecule has 0 saturated heterocycles. The molecule has 0 fully saturated rings. The summed E-state index contributed by atoms with van der Waals surface area (Å²) in [6.07, 6.45) is 0. The van der Waals surface area contributed by atoms with Gasteiger partial charge in [0.25, 0.3) is 5.91 Å². The van der Waals surface area contributed by atoms with E-state index in [1.54, 1.807) is 32.0 Å². The van der Waals surface area contributed by atoms with Crippen molar-refractivity contribution in [2.45, 2.75) is 33.7 Å². The fourth-order valence-corrected chi connectivity index (χ4v) is 3.09. The average Bonchev–Trinajstić information content (AvgIpc) is 2.93. The van der Waals surface area contributed by atoms with Crippen LogP contribution in [0.15, 0.2) is 24.3 Å². The van der Waals surface area contributed by atoms with Crippen molar-refractivity contribution in [3.63, 3.8) is 0 Å². The van der Waals surface area contributed by atoms with Crippen molar-refractivity contribution in [1.82, 2.24) is 10.3 Å². The van der Waals surface area contributed by atoms with E-state index in [9.17, 15) is 19.2 Å². The molecule has 1 heterocycles. The highest BCUT2D eigenvalue weighted by molar-refractivity contribution is 6.33. The first-order valence-corrected chi connectivity index (χ1v) is 8.96. The van der Waals surface area contributed by atoms with E-state index in [1.807, 2.05) is 0 Å². The molecule has 0 aliphatic heterocycles. The molecular formula is C20H21ClN2O5. The van der Waals surface area contributed by atoms with Crippen molar-refractivity contribution in [3.8, 4) is 0 Å². The highest BCUT2D eigenvalue weighted by Crippen LogP contribution is 2.19. The lowest BCUT2D eigenvalue weighted by atomic mass is 10.1. The fourth-order valence-electron chi connectivity index (χ4n) is 2.87. The molecule has 0 aliphatic carbocycles. The summed E-state index contributed by atoms with van der Waals surface area (Å²) in [5, 5.41) is 2.74. The van der Waals surface area contributed by atoms with Gasteiger partial charge in [0.1, 0.15) is 6.04 Å². The van der Waals surface area contributed by atoms with Gasteiger partial charge in [-0.3, -0.25) is 14.4 Å². The molecule has 8 heteroatoms. The van der Waals surface area contributed by atoms with Gasteiger partial charge in [0.2, 0.25) is 5.78 Å². The minimum atomic E-state index is -0.976. The number of Topliss-reactive ketones (excluding diaryl/α,β-unsaturated/α-hetero) is 2. The lowest BCUT2D eigenvalue weighted by Gasteiger charge is -2.13. The minimum Gasteiger partial charge on any atom is -0.456 e. The number of aromatic nitrogens is 1. The van der Waals surface area contributed by atoms with E-state index in [2.05, 4.69) is 10.3 Å². The monoisotopic (exact) mass is 404 g/mol. The van der Waals surface area contributed by atoms with E-state index in [1.165, 1.54) is 19.9 Å². The molecule has 0 radical (unpaired) electrons. The third-order valence-corrected chi connectivity index (χ3v) is 4.56. The number of H-pyrrole nitrogens is 1. The molecule has 7 nitrogen and oxygen atoms in total. The molecule has 2 N–H and O–H groups in total. The molecule has 2 aromatic rings. The van der Waals surface area contributed by atoms with Crippen LogP contribution in [0.1, 0.15) is 56.3 Å². The summed E-state index contributed by atoms with van der Waals surface area (Å²) in [5.74, 6) is -1.91. The maximum absolute atomic E-state index is 12.3. The SMILES string of the molecule is CC(=O)c1c(C)[nH]c(C(=O)COC(=O)[C@H](C)NC(=O)c2ccccc2Cl)c1C. The topological polar surface area (TPSA) is 105 Å². The molecule has 1 atom stereocenters. The van der Waals surface area contributed by atoms with E-state index in [0.29, 0.717) is 16.8 Å². The number of halogens is 1. The molecular weight excluding hydrogens is 384 g/mol. The van der Waals surface area contributed by atoms with Crippen molar-refractivity contribution in [3.05, 3.63) is 57.4 Å². The van der Waals surface area contributed by atoms with Crippen molar-refractivity contribution < 1.29 is 23.9 Å². The number of carbonyl (C=O) groups excluding carboxylic acids is 4. The maximum atomic E-state index is 12.3. The van der Waals surface area contributed by atoms with Gasteiger partial charge in [-0.1, -0.05) is 23.7 Å². The van der Waals surface area contributed by atoms with Gasteiger partial charge in [0.05, 0.1) is 16.3 Å². The smallest absolute Gasteiger partial charge is 0.328 e. The highest BCUT2D eigenvalue weighted by atomic mass is 35.5. The van der Waals surface area contributed by atoms with E-state index in [-0.39, 0.29) is 22.1 Å². The first-order chi connectivity index (χ1) is 13.1. The minimum absolute atomic E-state index is 0.154. The number of hydrogen-bond acceptors (Lipinski definition) is 5. The second-order valence-electron chi connectivity index (χ2n) is 6.39. The Balaban J connectivity index is 1.97. The largest absolute Gasteiger partial charge is 0.456 e. The summed E-state index contributed by atoms with van der Waals surface area (Å²) in [6, 6.07) is 5.45. The van der Waals surface area contributed by atoms with E-state index >= 15 is 0 Å². The van der Waals surface area contributed by atoms with Crippen LogP contribution in [0.25, 0.3) is 0 Å². The molecule has 148 valence electrons. The molecule has 0 bridgehead atoms. The number of hydrogen-bond donors (Lipinski definition) is 2. The molecule has 1 amide bonds. The van der Waals surface area contributed by atoms with Gasteiger partial charge in [0, 0.05) is 11.3 Å². The van der Waals surface area contributed by atoms with Crippen LogP contribution in [0.3, 0.4) is 0 Å². The summed E-state index contributed by atoms with van der Waals surface area (Å²) in [7, 11) is 0. The summed E-state index contributed by atoms with van der Waals surface area (Å²) in [4.78, 5) is 51.2. The second-order valence-corrected chi connectivity index (χ2v) is 6.79. The summed E-state index contributed by atoms with van der Waals surface area (Å²) >= 11 is 5.96. The maximum Gasteiger partial charge on any atom is 0.328 e. The number of amides is 1. The van der Waals surface area contributed by atoms with Gasteiger partial charge in [-0.05, 0) is 45.4 Å². The lowest BCUT2D eigenvalue weighted by Crippen LogP contribution is -2.40. The fraction of sp³-hybridized carbons (Fsp3) is 0.300. The molecule has 0 unspecified atom stereocenters. The van der Waals surface area contributed by atoms with Crippen molar-refractivity contribution in [2.75, 3.05) is 6.61 Å². The molecule has 0 saturated carbocycles. The van der Waals surface area contributed by atoms with Crippen LogP contribution in [0.2, 0.25) is 5.02 Å². The Bertz CT molecular complexity index is 948. The molecule has 2 rings (SSSR count). The van der Waals surface area contributed by atoms with Crippen LogP contribution in [0, 0.1) is 13.8 Å². The van der Waals surface area contributed by atoms with Gasteiger partial charge in [0.15, 0.2) is 12.4 Å². The first kappa shape index (κ1) is 21.4. The van der Waals surface area contributed by atoms with Gasteiger partial charge < -0.3 is 15.0 Å². The third kappa shape index (κ3) is 4.67. The quantitative estimate of drug-likeness (QED) is 0.545. The predicted molar refractivity (Wildman–Crippen MR) is 104 cm³/mol. The van der Waals surface area contributed by atoms with Gasteiger partial charge >= 0.3 is 5.97 Å². The van der Waals surface area contributed by atoms with Crippen LogP contribution < -0.4 is 5.32 Å². The number of carbonyl (C=O) groups is 4. The Morgan fingerprint density at radius 3 is 2.39 bits per heavy atom. The first-order valence-electron chi connectivity index (χ1n) is 8.58. The van der Waals surface area contributed by atoms with Crippen LogP contribution in [0.5, 0.6) is 0 Å². The Labute approximate surface area is 167 Å². The van der Waals surface area contributed by atoms with Gasteiger partial charge in [-0.2, -0.15) is 0 Å². The number of nitrogens with one attached hydrogen (secondary N) is 2. The van der Waals surface area contributed by atoms with Crippen molar-refractivity contribution in [2.24, 2.45) is 0 Å². The Morgan fingerprint density at radius 1 is 1.18 bits per heavy atom. The van der Waals surface area contributed by atoms with Gasteiger partial charge in [-0.15, -0.1) is 0 Å². The number of esters is 1. The average molecular weight is 405 g/mol. The number of benzene rings is 1. The number of rotatable bonds is 7. The Morgan fingerprint density at radius 2 is 1.82 bits per heavy atom. The third-order valence-electron chi connectivity index (χ3n) is 4.23. The summed E-state index contributed by atoms with van der Waals surface area (Å²) < 4.78 is 5.01. The molecule has 1 aromatic carbocycles. The van der Waals surface area contributed by atoms with Crippen LogP contribution in [0.4, 0.5) is 0 Å². The Kier molecular flexibility index (Phi) is 6.75. The van der Waals surface area contributed by atoms with Gasteiger partial charge in [-0.25, -0.2) is 4.79 Å². The molecule has 0 aliphatic rings.